The summed E-state index contributed by atoms with van der Waals surface area (Å²) in [7, 11) is -4.54. The van der Waals surface area contributed by atoms with Gasteiger partial charge in [0.2, 0.25) is 0 Å². The molecule has 1 aliphatic rings. The van der Waals surface area contributed by atoms with Crippen LogP contribution in [0, 0.1) is 0 Å². The smallest absolute Gasteiger partial charge is 0.388 e. The molecule has 0 bridgehead atoms. The molecule has 0 amide bonds. The first kappa shape index (κ1) is 15.0. The van der Waals surface area contributed by atoms with Crippen molar-refractivity contribution in [1.82, 2.24) is 0 Å². The van der Waals surface area contributed by atoms with Crippen LogP contribution in [0.1, 0.15) is 20.8 Å². The first-order chi connectivity index (χ1) is 7.70. The molecule has 4 atom stereocenters. The molecule has 1 aliphatic heterocycles. The van der Waals surface area contributed by atoms with E-state index in [9.17, 15) is 9.67 Å². The first-order valence-electron chi connectivity index (χ1n) is 5.40. The molecule has 7 nitrogen and oxygen atoms in total. The van der Waals surface area contributed by atoms with E-state index in [1.807, 2.05) is 0 Å². The zero-order valence-electron chi connectivity index (χ0n) is 10.0. The average molecular weight is 270 g/mol. The third-order valence-corrected chi connectivity index (χ3v) is 2.90. The number of aliphatic hydroxyl groups is 1. The maximum atomic E-state index is 10.6. The average Bonchev–Trinajstić information content (AvgIpc) is 2.41. The van der Waals surface area contributed by atoms with Gasteiger partial charge in [-0.05, 0) is 20.8 Å². The highest BCUT2D eigenvalue weighted by atomic mass is 31.2. The number of phosphoric acid groups is 1. The fraction of sp³-hybridized carbons (Fsp3) is 1.00. The molecule has 102 valence electrons. The summed E-state index contributed by atoms with van der Waals surface area (Å²) < 4.78 is 25.8. The number of phosphoric ester groups is 1. The molecule has 0 aliphatic carbocycles. The lowest BCUT2D eigenvalue weighted by atomic mass is 10.1. The van der Waals surface area contributed by atoms with Crippen molar-refractivity contribution in [1.29, 1.82) is 0 Å². The van der Waals surface area contributed by atoms with Crippen LogP contribution in [0.5, 0.6) is 0 Å². The summed E-state index contributed by atoms with van der Waals surface area (Å²) in [5, 5.41) is 9.81. The van der Waals surface area contributed by atoms with E-state index in [1.54, 1.807) is 20.8 Å². The van der Waals surface area contributed by atoms with Gasteiger partial charge in [0.15, 0.2) is 0 Å². The minimum atomic E-state index is -4.54. The number of rotatable bonds is 5. The van der Waals surface area contributed by atoms with Gasteiger partial charge < -0.3 is 24.4 Å². The molecule has 1 unspecified atom stereocenters. The van der Waals surface area contributed by atoms with Gasteiger partial charge in [0, 0.05) is 0 Å². The molecule has 1 saturated heterocycles. The minimum absolute atomic E-state index is 0.124. The van der Waals surface area contributed by atoms with E-state index in [2.05, 4.69) is 4.52 Å². The SMILES string of the molecule is CC(C)O[C@@H]1C(O)[C@H](C)O[C@@H]1COP(=O)(O)O. The Hall–Kier alpha value is -0.0100. The van der Waals surface area contributed by atoms with Gasteiger partial charge in [-0.3, -0.25) is 4.52 Å². The second-order valence-corrected chi connectivity index (χ2v) is 5.55. The fourth-order valence-electron chi connectivity index (χ4n) is 1.71. The first-order valence-corrected chi connectivity index (χ1v) is 6.93. The third kappa shape index (κ3) is 4.63. The highest BCUT2D eigenvalue weighted by molar-refractivity contribution is 7.46. The summed E-state index contributed by atoms with van der Waals surface area (Å²) in [4.78, 5) is 17.2. The maximum Gasteiger partial charge on any atom is 0.469 e. The van der Waals surface area contributed by atoms with Crippen molar-refractivity contribution in [2.75, 3.05) is 6.61 Å². The van der Waals surface area contributed by atoms with Crippen molar-refractivity contribution in [3.05, 3.63) is 0 Å². The largest absolute Gasteiger partial charge is 0.469 e. The Kier molecular flexibility index (Phi) is 5.09. The molecule has 8 heteroatoms. The van der Waals surface area contributed by atoms with Crippen molar-refractivity contribution >= 4 is 7.82 Å². The predicted octanol–water partition coefficient (Wildman–Crippen LogP) is 0.0375. The highest BCUT2D eigenvalue weighted by Crippen LogP contribution is 2.37. The monoisotopic (exact) mass is 270 g/mol. The van der Waals surface area contributed by atoms with E-state index in [-0.39, 0.29) is 12.7 Å². The number of aliphatic hydroxyl groups excluding tert-OH is 1. The maximum absolute atomic E-state index is 10.6. The van der Waals surface area contributed by atoms with Gasteiger partial charge in [0.05, 0.1) is 18.8 Å². The van der Waals surface area contributed by atoms with Gasteiger partial charge in [-0.2, -0.15) is 0 Å². The van der Waals surface area contributed by atoms with E-state index in [1.165, 1.54) is 0 Å². The molecule has 0 aromatic carbocycles. The molecule has 0 saturated carbocycles. The van der Waals surface area contributed by atoms with Crippen LogP contribution in [-0.4, -0.2) is 52.0 Å². The lowest BCUT2D eigenvalue weighted by molar-refractivity contribution is -0.0768. The molecule has 0 spiro atoms. The van der Waals surface area contributed by atoms with Crippen LogP contribution in [0.25, 0.3) is 0 Å². The van der Waals surface area contributed by atoms with E-state index >= 15 is 0 Å². The van der Waals surface area contributed by atoms with Crippen LogP contribution in [0.2, 0.25) is 0 Å². The number of ether oxygens (including phenoxy) is 2. The topological polar surface area (TPSA) is 105 Å². The van der Waals surface area contributed by atoms with Crippen molar-refractivity contribution in [3.8, 4) is 0 Å². The molecule has 0 radical (unpaired) electrons. The Bertz CT molecular complexity index is 289. The van der Waals surface area contributed by atoms with Crippen molar-refractivity contribution < 1.29 is 33.5 Å². The predicted molar refractivity (Wildman–Crippen MR) is 58.3 cm³/mol. The highest BCUT2D eigenvalue weighted by Gasteiger charge is 2.43. The standard InChI is InChI=1S/C9H19O7P/c1-5(2)15-9-7(4-14-17(11,12)13)16-6(3)8(9)10/h5-10H,4H2,1-3H3,(H2,11,12,13)/t6-,7+,8?,9-/m0/s1. The summed E-state index contributed by atoms with van der Waals surface area (Å²) in [6.07, 6.45) is -2.74. The molecule has 17 heavy (non-hydrogen) atoms. The van der Waals surface area contributed by atoms with Crippen LogP contribution >= 0.6 is 7.82 Å². The Labute approximate surface area is 99.9 Å². The minimum Gasteiger partial charge on any atom is -0.388 e. The Balaban J connectivity index is 2.59. The summed E-state index contributed by atoms with van der Waals surface area (Å²) in [6, 6.07) is 0. The Morgan fingerprint density at radius 3 is 2.47 bits per heavy atom. The van der Waals surface area contributed by atoms with E-state index in [4.69, 9.17) is 19.3 Å². The van der Waals surface area contributed by atoms with Crippen LogP contribution in [0.15, 0.2) is 0 Å². The van der Waals surface area contributed by atoms with Crippen LogP contribution in [0.4, 0.5) is 0 Å². The van der Waals surface area contributed by atoms with Gasteiger partial charge in [-0.15, -0.1) is 0 Å². The van der Waals surface area contributed by atoms with Crippen LogP contribution in [0.3, 0.4) is 0 Å². The summed E-state index contributed by atoms with van der Waals surface area (Å²) in [5.74, 6) is 0. The Morgan fingerprint density at radius 1 is 1.41 bits per heavy atom. The normalized spacial score (nSPS) is 34.5. The molecular formula is C9H19O7P. The zero-order chi connectivity index (χ0) is 13.2. The van der Waals surface area contributed by atoms with Crippen molar-refractivity contribution in [3.63, 3.8) is 0 Å². The molecule has 3 N–H and O–H groups in total. The van der Waals surface area contributed by atoms with Gasteiger partial charge in [-0.1, -0.05) is 0 Å². The molecule has 0 aromatic heterocycles. The summed E-state index contributed by atoms with van der Waals surface area (Å²) in [5.41, 5.74) is 0. The summed E-state index contributed by atoms with van der Waals surface area (Å²) in [6.45, 7) is 4.95. The molecular weight excluding hydrogens is 251 g/mol. The van der Waals surface area contributed by atoms with Gasteiger partial charge >= 0.3 is 7.82 Å². The van der Waals surface area contributed by atoms with Gasteiger partial charge in [0.1, 0.15) is 18.3 Å². The number of hydrogen-bond donors (Lipinski definition) is 3. The van der Waals surface area contributed by atoms with Crippen LogP contribution in [-0.2, 0) is 18.6 Å². The molecule has 1 fully saturated rings. The van der Waals surface area contributed by atoms with E-state index in [0.29, 0.717) is 0 Å². The lowest BCUT2D eigenvalue weighted by Gasteiger charge is -2.23. The molecule has 1 heterocycles. The van der Waals surface area contributed by atoms with Gasteiger partial charge in [0.25, 0.3) is 0 Å². The number of hydrogen-bond acceptors (Lipinski definition) is 5. The van der Waals surface area contributed by atoms with Gasteiger partial charge in [-0.25, -0.2) is 4.57 Å². The summed E-state index contributed by atoms with van der Waals surface area (Å²) >= 11 is 0. The molecule has 1 rings (SSSR count). The third-order valence-electron chi connectivity index (χ3n) is 2.41. The van der Waals surface area contributed by atoms with E-state index < -0.39 is 32.2 Å². The lowest BCUT2D eigenvalue weighted by Crippen LogP contribution is -2.38. The van der Waals surface area contributed by atoms with Crippen molar-refractivity contribution in [2.45, 2.75) is 51.3 Å². The van der Waals surface area contributed by atoms with Crippen LogP contribution < -0.4 is 0 Å². The second-order valence-electron chi connectivity index (χ2n) is 4.31. The second kappa shape index (κ2) is 5.75. The molecule has 0 aromatic rings. The Morgan fingerprint density at radius 2 is 2.00 bits per heavy atom. The van der Waals surface area contributed by atoms with Crippen molar-refractivity contribution in [2.24, 2.45) is 0 Å². The quantitative estimate of drug-likeness (QED) is 0.605. The zero-order valence-corrected chi connectivity index (χ0v) is 10.9. The van der Waals surface area contributed by atoms with E-state index in [0.717, 1.165) is 0 Å². The fourth-order valence-corrected chi connectivity index (χ4v) is 2.05.